The summed E-state index contributed by atoms with van der Waals surface area (Å²) in [6.07, 6.45) is 1.38. The lowest BCUT2D eigenvalue weighted by Crippen LogP contribution is -2.58. The van der Waals surface area contributed by atoms with Crippen molar-refractivity contribution in [3.63, 3.8) is 0 Å². The first-order valence-electron chi connectivity index (χ1n) is 12.8. The molecule has 224 valence electrons. The number of hydrogen-bond donors (Lipinski definition) is 10. The predicted molar refractivity (Wildman–Crippen MR) is 149 cm³/mol. The van der Waals surface area contributed by atoms with Crippen molar-refractivity contribution in [3.05, 3.63) is 36.0 Å². The van der Waals surface area contributed by atoms with Gasteiger partial charge in [-0.15, -0.1) is 0 Å². The van der Waals surface area contributed by atoms with Crippen LogP contribution < -0.4 is 38.9 Å². The number of benzene rings is 1. The maximum absolute atomic E-state index is 13.4. The molecular weight excluding hydrogens is 538 g/mol. The van der Waals surface area contributed by atoms with Crippen molar-refractivity contribution in [2.75, 3.05) is 13.2 Å². The summed E-state index contributed by atoms with van der Waals surface area (Å²) in [5, 5.41) is 26.9. The zero-order valence-corrected chi connectivity index (χ0v) is 22.3. The second-order valence-corrected chi connectivity index (χ2v) is 9.33. The van der Waals surface area contributed by atoms with Gasteiger partial charge in [0.05, 0.1) is 6.61 Å². The predicted octanol–water partition coefficient (Wildman–Crippen LogP) is -3.11. The van der Waals surface area contributed by atoms with Crippen molar-refractivity contribution in [2.24, 2.45) is 27.9 Å². The second kappa shape index (κ2) is 15.8. The molecule has 0 aliphatic carbocycles. The number of carbonyl (C=O) groups is 5. The summed E-state index contributed by atoms with van der Waals surface area (Å²) in [6, 6.07) is 2.02. The first-order valence-corrected chi connectivity index (χ1v) is 12.8. The minimum Gasteiger partial charge on any atom is -0.480 e. The van der Waals surface area contributed by atoms with Crippen molar-refractivity contribution >= 4 is 46.5 Å². The van der Waals surface area contributed by atoms with Gasteiger partial charge in [-0.25, -0.2) is 4.79 Å². The molecule has 0 saturated carbocycles. The number of aromatic amines is 1. The number of nitrogens with two attached hydrogens (primary N) is 4. The highest BCUT2D eigenvalue weighted by Gasteiger charge is 2.31. The number of aliphatic hydroxyl groups is 1. The summed E-state index contributed by atoms with van der Waals surface area (Å²) in [4.78, 5) is 68.9. The smallest absolute Gasteiger partial charge is 0.326 e. The van der Waals surface area contributed by atoms with Crippen LogP contribution in [0.25, 0.3) is 10.9 Å². The van der Waals surface area contributed by atoms with E-state index < -0.39 is 60.4 Å². The van der Waals surface area contributed by atoms with Crippen LogP contribution in [0.4, 0.5) is 0 Å². The summed E-state index contributed by atoms with van der Waals surface area (Å²) < 4.78 is 0. The Balaban J connectivity index is 2.32. The van der Waals surface area contributed by atoms with E-state index in [0.717, 1.165) is 10.9 Å². The van der Waals surface area contributed by atoms with Gasteiger partial charge >= 0.3 is 5.97 Å². The molecule has 0 aliphatic rings. The molecule has 0 spiro atoms. The molecule has 0 radical (unpaired) electrons. The number of carboxylic acid groups (broad SMARTS) is 1. The van der Waals surface area contributed by atoms with E-state index in [0.29, 0.717) is 5.56 Å². The van der Waals surface area contributed by atoms with E-state index in [1.54, 1.807) is 12.3 Å². The number of rotatable bonds is 17. The number of fused-ring (bicyclic) bond motifs is 1. The van der Waals surface area contributed by atoms with E-state index >= 15 is 0 Å². The monoisotopic (exact) mass is 575 g/mol. The average Bonchev–Trinajstić information content (AvgIpc) is 3.33. The molecule has 14 N–H and O–H groups in total. The fourth-order valence-electron chi connectivity index (χ4n) is 3.95. The summed E-state index contributed by atoms with van der Waals surface area (Å²) in [5.74, 6) is -4.69. The van der Waals surface area contributed by atoms with Crippen LogP contribution in [0.1, 0.15) is 31.2 Å². The number of aliphatic hydroxyl groups excluding tert-OH is 1. The number of para-hydroxylation sites is 1. The van der Waals surface area contributed by atoms with Gasteiger partial charge in [-0.05, 0) is 30.9 Å². The summed E-state index contributed by atoms with van der Waals surface area (Å²) in [6.45, 7) is -0.519. The Labute approximate surface area is 235 Å². The topological polar surface area (TPSA) is 294 Å². The second-order valence-electron chi connectivity index (χ2n) is 9.33. The zero-order chi connectivity index (χ0) is 30.5. The number of nitrogens with zero attached hydrogens (tertiary/aromatic N) is 1. The fourth-order valence-corrected chi connectivity index (χ4v) is 3.95. The van der Waals surface area contributed by atoms with Crippen LogP contribution in [0.3, 0.4) is 0 Å². The molecule has 4 unspecified atom stereocenters. The summed E-state index contributed by atoms with van der Waals surface area (Å²) >= 11 is 0. The Hall–Kier alpha value is -4.70. The molecular formula is C25H37N9O7. The van der Waals surface area contributed by atoms with Gasteiger partial charge in [-0.3, -0.25) is 24.2 Å². The number of aliphatic carboxylic acids is 1. The highest BCUT2D eigenvalue weighted by molar-refractivity contribution is 5.95. The van der Waals surface area contributed by atoms with Gasteiger partial charge in [0.1, 0.15) is 24.2 Å². The quantitative estimate of drug-likeness (QED) is 0.0514. The van der Waals surface area contributed by atoms with Gasteiger partial charge in [0, 0.05) is 36.5 Å². The van der Waals surface area contributed by atoms with Crippen LogP contribution in [0.15, 0.2) is 35.5 Å². The Morgan fingerprint density at radius 1 is 0.902 bits per heavy atom. The van der Waals surface area contributed by atoms with E-state index in [1.165, 1.54) is 0 Å². The van der Waals surface area contributed by atoms with Crippen molar-refractivity contribution in [1.82, 2.24) is 20.9 Å². The maximum Gasteiger partial charge on any atom is 0.326 e. The minimum absolute atomic E-state index is 0.0459. The molecule has 0 fully saturated rings. The molecule has 2 rings (SSSR count). The van der Waals surface area contributed by atoms with Gasteiger partial charge in [0.2, 0.25) is 23.6 Å². The number of primary amides is 1. The van der Waals surface area contributed by atoms with Crippen LogP contribution in [0.5, 0.6) is 0 Å². The number of aliphatic imine (C=N–C) groups is 1. The van der Waals surface area contributed by atoms with Crippen molar-refractivity contribution in [3.8, 4) is 0 Å². The largest absolute Gasteiger partial charge is 0.480 e. The first-order chi connectivity index (χ1) is 19.4. The number of nitrogens with one attached hydrogen (secondary N) is 4. The molecule has 0 bridgehead atoms. The van der Waals surface area contributed by atoms with Crippen molar-refractivity contribution in [2.45, 2.75) is 56.3 Å². The van der Waals surface area contributed by atoms with E-state index in [1.807, 2.05) is 18.2 Å². The third-order valence-corrected chi connectivity index (χ3v) is 6.14. The third kappa shape index (κ3) is 10.4. The SMILES string of the molecule is NC(=O)CCC(NC(=O)C(Cc1c[nH]c2ccccc12)NC(=O)C(CCCN=C(N)N)NC(=O)C(N)CO)C(=O)O. The van der Waals surface area contributed by atoms with Gasteiger partial charge in [0.25, 0.3) is 0 Å². The lowest BCUT2D eigenvalue weighted by atomic mass is 10.0. The van der Waals surface area contributed by atoms with Crippen LogP contribution in [0, 0.1) is 0 Å². The number of H-pyrrole nitrogens is 1. The summed E-state index contributed by atoms with van der Waals surface area (Å²) in [7, 11) is 0. The Morgan fingerprint density at radius 3 is 2.17 bits per heavy atom. The molecule has 4 amide bonds. The van der Waals surface area contributed by atoms with Crippen LogP contribution in [0.2, 0.25) is 0 Å². The number of carboxylic acids is 1. The standard InChI is InChI=1S/C25H37N9O7/c26-15(12-35)21(37)32-17(6-3-9-30-25(28)29)22(38)34-19(10-13-11-31-16-5-2-1-4-14(13)16)23(39)33-18(24(40)41)7-8-20(27)36/h1-2,4-5,11,15,17-19,31,35H,3,6-10,12,26H2,(H2,27,36)(H,32,37)(H,33,39)(H,34,38)(H,40,41)(H4,28,29,30). The highest BCUT2D eigenvalue weighted by atomic mass is 16.4. The normalized spacial score (nSPS) is 13.8. The van der Waals surface area contributed by atoms with Gasteiger partial charge < -0.3 is 54.1 Å². The van der Waals surface area contributed by atoms with Gasteiger partial charge in [0.15, 0.2) is 5.96 Å². The maximum atomic E-state index is 13.4. The Morgan fingerprint density at radius 2 is 1.54 bits per heavy atom. The molecule has 0 saturated heterocycles. The lowest BCUT2D eigenvalue weighted by molar-refractivity contribution is -0.142. The van der Waals surface area contributed by atoms with Gasteiger partial charge in [-0.2, -0.15) is 0 Å². The van der Waals surface area contributed by atoms with Crippen LogP contribution in [-0.4, -0.2) is 88.1 Å². The van der Waals surface area contributed by atoms with E-state index in [-0.39, 0.29) is 44.6 Å². The first kappa shape index (κ1) is 32.5. The zero-order valence-electron chi connectivity index (χ0n) is 22.3. The molecule has 1 aromatic heterocycles. The van der Waals surface area contributed by atoms with E-state index in [2.05, 4.69) is 25.9 Å². The van der Waals surface area contributed by atoms with E-state index in [9.17, 15) is 34.2 Å². The minimum atomic E-state index is -1.45. The number of hydrogen-bond acceptors (Lipinski definition) is 8. The number of guanidine groups is 1. The third-order valence-electron chi connectivity index (χ3n) is 6.14. The molecule has 41 heavy (non-hydrogen) atoms. The highest BCUT2D eigenvalue weighted by Crippen LogP contribution is 2.19. The number of aromatic nitrogens is 1. The average molecular weight is 576 g/mol. The number of amides is 4. The van der Waals surface area contributed by atoms with E-state index in [4.69, 9.17) is 22.9 Å². The molecule has 0 aliphatic heterocycles. The molecule has 1 heterocycles. The molecule has 16 heteroatoms. The van der Waals surface area contributed by atoms with Crippen LogP contribution >= 0.6 is 0 Å². The lowest BCUT2D eigenvalue weighted by Gasteiger charge is -2.25. The summed E-state index contributed by atoms with van der Waals surface area (Å²) in [5.41, 5.74) is 22.8. The molecule has 1 aromatic carbocycles. The molecule has 2 aromatic rings. The van der Waals surface area contributed by atoms with Gasteiger partial charge in [-0.1, -0.05) is 18.2 Å². The fraction of sp³-hybridized carbons (Fsp3) is 0.440. The van der Waals surface area contributed by atoms with Crippen molar-refractivity contribution in [1.29, 1.82) is 0 Å². The van der Waals surface area contributed by atoms with Crippen molar-refractivity contribution < 1.29 is 34.2 Å². The molecule has 16 nitrogen and oxygen atoms in total. The Kier molecular flexibility index (Phi) is 12.5. The molecule has 4 atom stereocenters. The Bertz CT molecular complexity index is 1260. The van der Waals surface area contributed by atoms with Crippen LogP contribution in [-0.2, 0) is 30.4 Å². The number of carbonyl (C=O) groups excluding carboxylic acids is 4.